The second-order valence-corrected chi connectivity index (χ2v) is 6.18. The number of ketones is 1. The van der Waals surface area contributed by atoms with Crippen LogP contribution in [0.25, 0.3) is 0 Å². The molecule has 0 radical (unpaired) electrons. The molecule has 2 bridgehead atoms. The van der Waals surface area contributed by atoms with Crippen LogP contribution in [0.1, 0.15) is 42.8 Å². The molecule has 0 N–H and O–H groups in total. The number of fused-ring (bicyclic) bond motifs is 2. The third-order valence-electron chi connectivity index (χ3n) is 3.92. The lowest BCUT2D eigenvalue weighted by Crippen LogP contribution is -2.51. The highest BCUT2D eigenvalue weighted by Crippen LogP contribution is 2.33. The molecule has 1 aromatic heterocycles. The normalized spacial score (nSPS) is 29.6. The van der Waals surface area contributed by atoms with Gasteiger partial charge in [0.05, 0.1) is 6.54 Å². The Morgan fingerprint density at radius 2 is 2.12 bits per heavy atom. The van der Waals surface area contributed by atoms with Crippen LogP contribution >= 0.6 is 11.3 Å². The summed E-state index contributed by atoms with van der Waals surface area (Å²) in [5, 5.41) is 3.31. The quantitative estimate of drug-likeness (QED) is 0.808. The molecular weight excluding hydrogens is 232 g/mol. The lowest BCUT2D eigenvalue weighted by molar-refractivity contribution is -0.127. The Kier molecular flexibility index (Phi) is 3.01. The molecule has 0 aliphatic carbocycles. The van der Waals surface area contributed by atoms with Crippen molar-refractivity contribution in [3.8, 4) is 0 Å². The summed E-state index contributed by atoms with van der Waals surface area (Å²) in [4.78, 5) is 18.7. The average Bonchev–Trinajstić information content (AvgIpc) is 2.65. The summed E-state index contributed by atoms with van der Waals surface area (Å²) in [7, 11) is 0. The maximum Gasteiger partial charge on any atom is 0.136 e. The number of thiazole rings is 1. The molecule has 0 aromatic carbocycles. The maximum atomic E-state index is 11.6. The van der Waals surface area contributed by atoms with E-state index in [1.54, 1.807) is 11.3 Å². The molecule has 3 heterocycles. The topological polar surface area (TPSA) is 33.2 Å². The second kappa shape index (κ2) is 4.50. The monoisotopic (exact) mass is 250 g/mol. The van der Waals surface area contributed by atoms with Crippen molar-refractivity contribution in [2.45, 2.75) is 57.7 Å². The van der Waals surface area contributed by atoms with Crippen LogP contribution in [0.2, 0.25) is 0 Å². The van der Waals surface area contributed by atoms with Crippen molar-refractivity contribution in [3.05, 3.63) is 16.1 Å². The van der Waals surface area contributed by atoms with E-state index in [9.17, 15) is 4.79 Å². The van der Waals surface area contributed by atoms with Crippen molar-refractivity contribution in [2.75, 3.05) is 0 Å². The van der Waals surface area contributed by atoms with Gasteiger partial charge in [-0.3, -0.25) is 9.69 Å². The summed E-state index contributed by atoms with van der Waals surface area (Å²) in [6.45, 7) is 2.99. The summed E-state index contributed by atoms with van der Waals surface area (Å²) in [6, 6.07) is 0.971. The lowest BCUT2D eigenvalue weighted by Gasteiger charge is -2.45. The first kappa shape index (κ1) is 11.4. The molecule has 2 atom stereocenters. The van der Waals surface area contributed by atoms with Crippen molar-refractivity contribution in [1.82, 2.24) is 9.88 Å². The largest absolute Gasteiger partial charge is 0.300 e. The summed E-state index contributed by atoms with van der Waals surface area (Å²) < 4.78 is 0. The Morgan fingerprint density at radius 1 is 1.41 bits per heavy atom. The molecule has 17 heavy (non-hydrogen) atoms. The highest BCUT2D eigenvalue weighted by atomic mass is 32.1. The van der Waals surface area contributed by atoms with Gasteiger partial charge in [-0.25, -0.2) is 4.98 Å². The molecule has 3 nitrogen and oxygen atoms in total. The Bertz CT molecular complexity index is 413. The van der Waals surface area contributed by atoms with E-state index in [1.807, 2.05) is 6.92 Å². The van der Waals surface area contributed by atoms with Gasteiger partial charge in [0, 0.05) is 36.0 Å². The molecule has 2 unspecified atom stereocenters. The molecule has 0 amide bonds. The van der Waals surface area contributed by atoms with Crippen molar-refractivity contribution < 1.29 is 4.79 Å². The lowest BCUT2D eigenvalue weighted by atomic mass is 9.84. The van der Waals surface area contributed by atoms with E-state index in [0.29, 0.717) is 17.9 Å². The molecule has 2 saturated heterocycles. The number of hydrogen-bond acceptors (Lipinski definition) is 4. The van der Waals surface area contributed by atoms with Gasteiger partial charge in [0.2, 0.25) is 0 Å². The predicted molar refractivity (Wildman–Crippen MR) is 68.1 cm³/mol. The van der Waals surface area contributed by atoms with Crippen LogP contribution in [0.3, 0.4) is 0 Å². The minimum absolute atomic E-state index is 0.464. The third-order valence-corrected chi connectivity index (χ3v) is 4.88. The first-order valence-corrected chi connectivity index (χ1v) is 7.29. The van der Waals surface area contributed by atoms with Crippen molar-refractivity contribution in [3.63, 3.8) is 0 Å². The number of carbonyl (C=O) groups is 1. The van der Waals surface area contributed by atoms with Gasteiger partial charge in [-0.1, -0.05) is 6.42 Å². The van der Waals surface area contributed by atoms with Gasteiger partial charge < -0.3 is 0 Å². The fourth-order valence-corrected chi connectivity index (χ4v) is 3.94. The van der Waals surface area contributed by atoms with E-state index in [4.69, 9.17) is 0 Å². The molecule has 92 valence electrons. The van der Waals surface area contributed by atoms with Gasteiger partial charge >= 0.3 is 0 Å². The van der Waals surface area contributed by atoms with Crippen molar-refractivity contribution in [2.24, 2.45) is 0 Å². The Morgan fingerprint density at radius 3 is 2.71 bits per heavy atom. The van der Waals surface area contributed by atoms with Crippen LogP contribution < -0.4 is 0 Å². The second-order valence-electron chi connectivity index (χ2n) is 5.24. The van der Waals surface area contributed by atoms with Gasteiger partial charge in [0.15, 0.2) is 0 Å². The van der Waals surface area contributed by atoms with Gasteiger partial charge in [-0.15, -0.1) is 11.3 Å². The van der Waals surface area contributed by atoms with E-state index in [2.05, 4.69) is 15.3 Å². The zero-order valence-corrected chi connectivity index (χ0v) is 11.0. The van der Waals surface area contributed by atoms with Crippen LogP contribution in [0, 0.1) is 6.92 Å². The van der Waals surface area contributed by atoms with E-state index in [-0.39, 0.29) is 0 Å². The number of nitrogens with zero attached hydrogens (tertiary/aromatic N) is 2. The van der Waals surface area contributed by atoms with Crippen LogP contribution in [0.5, 0.6) is 0 Å². The van der Waals surface area contributed by atoms with Gasteiger partial charge in [-0.05, 0) is 19.8 Å². The number of hydrogen-bond donors (Lipinski definition) is 0. The molecule has 2 fully saturated rings. The number of rotatable bonds is 2. The molecule has 1 aromatic rings. The van der Waals surface area contributed by atoms with Gasteiger partial charge in [0.1, 0.15) is 10.8 Å². The summed E-state index contributed by atoms with van der Waals surface area (Å²) in [5.74, 6) is 0.464. The molecular formula is C13H18N2OS. The number of Topliss-reactive ketones (excluding diaryl/α,β-unsaturated/α-hetero) is 1. The Balaban J connectivity index is 1.76. The standard InChI is InChI=1S/C13H18N2OS/c1-9-8-17-13(14-9)7-15-10-3-2-4-11(15)6-12(16)5-10/h8,10-11H,2-7H2,1H3. The van der Waals surface area contributed by atoms with E-state index >= 15 is 0 Å². The van der Waals surface area contributed by atoms with E-state index in [1.165, 1.54) is 24.3 Å². The van der Waals surface area contributed by atoms with Crippen LogP contribution in [0.15, 0.2) is 5.38 Å². The summed E-state index contributed by atoms with van der Waals surface area (Å²) in [6.07, 6.45) is 5.19. The summed E-state index contributed by atoms with van der Waals surface area (Å²) in [5.41, 5.74) is 1.11. The summed E-state index contributed by atoms with van der Waals surface area (Å²) >= 11 is 1.74. The predicted octanol–water partition coefficient (Wildman–Crippen LogP) is 2.54. The van der Waals surface area contributed by atoms with Gasteiger partial charge in [0.25, 0.3) is 0 Å². The van der Waals surface area contributed by atoms with Crippen LogP contribution in [-0.2, 0) is 11.3 Å². The Labute approximate surface area is 106 Å². The third kappa shape index (κ3) is 2.29. The highest BCUT2D eigenvalue weighted by Gasteiger charge is 2.37. The number of aryl methyl sites for hydroxylation is 1. The minimum atomic E-state index is 0.464. The smallest absolute Gasteiger partial charge is 0.136 e. The minimum Gasteiger partial charge on any atom is -0.300 e. The van der Waals surface area contributed by atoms with Crippen LogP contribution in [0.4, 0.5) is 0 Å². The fraction of sp³-hybridized carbons (Fsp3) is 0.692. The van der Waals surface area contributed by atoms with Crippen molar-refractivity contribution >= 4 is 17.1 Å². The zero-order chi connectivity index (χ0) is 11.8. The number of piperidine rings is 2. The molecule has 3 rings (SSSR count). The molecule has 4 heteroatoms. The van der Waals surface area contributed by atoms with E-state index in [0.717, 1.165) is 25.1 Å². The van der Waals surface area contributed by atoms with E-state index < -0.39 is 0 Å². The molecule has 0 spiro atoms. The maximum absolute atomic E-state index is 11.6. The van der Waals surface area contributed by atoms with Crippen molar-refractivity contribution in [1.29, 1.82) is 0 Å². The highest BCUT2D eigenvalue weighted by molar-refractivity contribution is 7.09. The molecule has 0 saturated carbocycles. The number of carbonyl (C=O) groups excluding carboxylic acids is 1. The molecule has 2 aliphatic rings. The Hall–Kier alpha value is -0.740. The first-order valence-electron chi connectivity index (χ1n) is 6.41. The zero-order valence-electron chi connectivity index (χ0n) is 10.2. The first-order chi connectivity index (χ1) is 8.22. The number of aromatic nitrogens is 1. The van der Waals surface area contributed by atoms with Gasteiger partial charge in [-0.2, -0.15) is 0 Å². The SMILES string of the molecule is Cc1csc(CN2C3CCCC2CC(=O)C3)n1. The average molecular weight is 250 g/mol. The van der Waals surface area contributed by atoms with Crippen LogP contribution in [-0.4, -0.2) is 27.8 Å². The fourth-order valence-electron chi connectivity index (χ4n) is 3.16. The molecule has 2 aliphatic heterocycles.